The summed E-state index contributed by atoms with van der Waals surface area (Å²) in [4.78, 5) is 4.47. The van der Waals surface area contributed by atoms with Crippen molar-refractivity contribution in [3.63, 3.8) is 0 Å². The molecule has 3 N–H and O–H groups in total. The molecular weight excluding hydrogens is 234 g/mol. The Morgan fingerprint density at radius 3 is 2.47 bits per heavy atom. The molecular formula is C16H21N3. The van der Waals surface area contributed by atoms with E-state index in [0.717, 1.165) is 31.6 Å². The van der Waals surface area contributed by atoms with Crippen LogP contribution >= 0.6 is 0 Å². The molecule has 1 aromatic carbocycles. The third kappa shape index (κ3) is 4.16. The summed E-state index contributed by atoms with van der Waals surface area (Å²) in [5.41, 5.74) is 7.83. The Balaban J connectivity index is 2.10. The van der Waals surface area contributed by atoms with E-state index in [1.165, 1.54) is 5.56 Å². The van der Waals surface area contributed by atoms with E-state index in [0.29, 0.717) is 0 Å². The largest absolute Gasteiger partial charge is 0.330 e. The molecule has 0 aliphatic rings. The molecule has 3 heteroatoms. The van der Waals surface area contributed by atoms with E-state index in [2.05, 4.69) is 40.6 Å². The van der Waals surface area contributed by atoms with Gasteiger partial charge in [-0.3, -0.25) is 4.98 Å². The van der Waals surface area contributed by atoms with Gasteiger partial charge in [-0.15, -0.1) is 0 Å². The first-order chi connectivity index (χ1) is 9.42. The van der Waals surface area contributed by atoms with Crippen molar-refractivity contribution in [2.75, 3.05) is 13.1 Å². The highest BCUT2D eigenvalue weighted by molar-refractivity contribution is 5.27. The molecule has 0 aliphatic heterocycles. The highest BCUT2D eigenvalue weighted by Gasteiger charge is 2.13. The van der Waals surface area contributed by atoms with Crippen molar-refractivity contribution in [2.24, 2.45) is 5.73 Å². The summed E-state index contributed by atoms with van der Waals surface area (Å²) >= 11 is 0. The highest BCUT2D eigenvalue weighted by Crippen LogP contribution is 2.19. The number of nitrogens with one attached hydrogen (secondary N) is 1. The molecule has 0 saturated heterocycles. The van der Waals surface area contributed by atoms with Crippen molar-refractivity contribution < 1.29 is 0 Å². The van der Waals surface area contributed by atoms with Crippen LogP contribution in [-0.2, 0) is 0 Å². The first-order valence-corrected chi connectivity index (χ1v) is 6.81. The van der Waals surface area contributed by atoms with Crippen LogP contribution in [0.15, 0.2) is 54.7 Å². The Labute approximate surface area is 114 Å². The molecule has 0 fully saturated rings. The van der Waals surface area contributed by atoms with Gasteiger partial charge in [-0.1, -0.05) is 36.4 Å². The van der Waals surface area contributed by atoms with Gasteiger partial charge in [-0.05, 0) is 43.6 Å². The SMILES string of the molecule is NCCCCNC(c1ccccc1)c1ccccn1. The maximum Gasteiger partial charge on any atom is 0.0751 e. The molecule has 0 spiro atoms. The van der Waals surface area contributed by atoms with E-state index in [4.69, 9.17) is 5.73 Å². The number of hydrogen-bond donors (Lipinski definition) is 2. The zero-order valence-corrected chi connectivity index (χ0v) is 11.1. The maximum absolute atomic E-state index is 5.53. The minimum atomic E-state index is 0.153. The monoisotopic (exact) mass is 255 g/mol. The second-order valence-electron chi connectivity index (χ2n) is 4.55. The van der Waals surface area contributed by atoms with E-state index >= 15 is 0 Å². The van der Waals surface area contributed by atoms with Crippen LogP contribution < -0.4 is 11.1 Å². The first kappa shape index (κ1) is 13.7. The van der Waals surface area contributed by atoms with Gasteiger partial charge in [0.1, 0.15) is 0 Å². The third-order valence-corrected chi connectivity index (χ3v) is 3.10. The fourth-order valence-electron chi connectivity index (χ4n) is 2.10. The van der Waals surface area contributed by atoms with Crippen LogP contribution in [0.2, 0.25) is 0 Å². The second kappa shape index (κ2) is 7.67. The number of rotatable bonds is 7. The fraction of sp³-hybridized carbons (Fsp3) is 0.312. The molecule has 1 aromatic heterocycles. The molecule has 0 radical (unpaired) electrons. The summed E-state index contributed by atoms with van der Waals surface area (Å²) in [6.45, 7) is 1.70. The fourth-order valence-corrected chi connectivity index (χ4v) is 2.10. The average Bonchev–Trinajstić information content (AvgIpc) is 2.49. The molecule has 2 rings (SSSR count). The lowest BCUT2D eigenvalue weighted by molar-refractivity contribution is 0.562. The van der Waals surface area contributed by atoms with Crippen LogP contribution in [0.25, 0.3) is 0 Å². The highest BCUT2D eigenvalue weighted by atomic mass is 14.9. The first-order valence-electron chi connectivity index (χ1n) is 6.81. The zero-order valence-electron chi connectivity index (χ0n) is 11.1. The number of pyridine rings is 1. The van der Waals surface area contributed by atoms with Gasteiger partial charge in [0.25, 0.3) is 0 Å². The van der Waals surface area contributed by atoms with Gasteiger partial charge in [0.05, 0.1) is 11.7 Å². The normalized spacial score (nSPS) is 12.3. The lowest BCUT2D eigenvalue weighted by Crippen LogP contribution is -2.24. The van der Waals surface area contributed by atoms with Gasteiger partial charge in [-0.25, -0.2) is 0 Å². The van der Waals surface area contributed by atoms with Crippen LogP contribution in [0.4, 0.5) is 0 Å². The van der Waals surface area contributed by atoms with E-state index < -0.39 is 0 Å². The Kier molecular flexibility index (Phi) is 5.53. The number of nitrogens with two attached hydrogens (primary N) is 1. The van der Waals surface area contributed by atoms with Crippen molar-refractivity contribution in [1.82, 2.24) is 10.3 Å². The summed E-state index contributed by atoms with van der Waals surface area (Å²) in [5.74, 6) is 0. The van der Waals surface area contributed by atoms with Crippen LogP contribution in [0.5, 0.6) is 0 Å². The van der Waals surface area contributed by atoms with Crippen LogP contribution in [0.1, 0.15) is 30.1 Å². The summed E-state index contributed by atoms with van der Waals surface area (Å²) in [5, 5.41) is 3.57. The van der Waals surface area contributed by atoms with E-state index in [9.17, 15) is 0 Å². The molecule has 0 amide bonds. The van der Waals surface area contributed by atoms with Crippen molar-refractivity contribution >= 4 is 0 Å². The molecule has 0 aliphatic carbocycles. The van der Waals surface area contributed by atoms with Crippen LogP contribution in [0, 0.1) is 0 Å². The molecule has 19 heavy (non-hydrogen) atoms. The van der Waals surface area contributed by atoms with E-state index in [-0.39, 0.29) is 6.04 Å². The van der Waals surface area contributed by atoms with Crippen molar-refractivity contribution in [3.05, 3.63) is 66.0 Å². The number of unbranched alkanes of at least 4 members (excludes halogenated alkanes) is 1. The average molecular weight is 255 g/mol. The van der Waals surface area contributed by atoms with Gasteiger partial charge in [-0.2, -0.15) is 0 Å². The Hall–Kier alpha value is -1.71. The van der Waals surface area contributed by atoms with Gasteiger partial charge >= 0.3 is 0 Å². The molecule has 1 atom stereocenters. The molecule has 2 aromatic rings. The summed E-state index contributed by atoms with van der Waals surface area (Å²) in [6, 6.07) is 16.6. The van der Waals surface area contributed by atoms with Gasteiger partial charge in [0.2, 0.25) is 0 Å². The molecule has 0 bridgehead atoms. The zero-order chi connectivity index (χ0) is 13.3. The van der Waals surface area contributed by atoms with Gasteiger partial charge < -0.3 is 11.1 Å². The molecule has 3 nitrogen and oxygen atoms in total. The van der Waals surface area contributed by atoms with Crippen LogP contribution in [0.3, 0.4) is 0 Å². The lowest BCUT2D eigenvalue weighted by atomic mass is 10.0. The standard InChI is InChI=1S/C16H21N3/c17-11-5-7-13-19-16(14-8-2-1-3-9-14)15-10-4-6-12-18-15/h1-4,6,8-10,12,16,19H,5,7,11,13,17H2. The predicted octanol–water partition coefficient (Wildman–Crippen LogP) is 2.50. The maximum atomic E-state index is 5.53. The minimum Gasteiger partial charge on any atom is -0.330 e. The van der Waals surface area contributed by atoms with Crippen molar-refractivity contribution in [2.45, 2.75) is 18.9 Å². The van der Waals surface area contributed by atoms with Gasteiger partial charge in [0, 0.05) is 6.20 Å². The number of aromatic nitrogens is 1. The molecule has 1 heterocycles. The molecule has 1 unspecified atom stereocenters. The number of hydrogen-bond acceptors (Lipinski definition) is 3. The topological polar surface area (TPSA) is 50.9 Å². The van der Waals surface area contributed by atoms with Crippen molar-refractivity contribution in [1.29, 1.82) is 0 Å². The minimum absolute atomic E-state index is 0.153. The second-order valence-corrected chi connectivity index (χ2v) is 4.55. The quantitative estimate of drug-likeness (QED) is 0.747. The van der Waals surface area contributed by atoms with Gasteiger partial charge in [0.15, 0.2) is 0 Å². The Morgan fingerprint density at radius 2 is 1.79 bits per heavy atom. The molecule has 0 saturated carbocycles. The number of benzene rings is 1. The lowest BCUT2D eigenvalue weighted by Gasteiger charge is -2.18. The Morgan fingerprint density at radius 1 is 1.00 bits per heavy atom. The smallest absolute Gasteiger partial charge is 0.0751 e. The van der Waals surface area contributed by atoms with Crippen molar-refractivity contribution in [3.8, 4) is 0 Å². The third-order valence-electron chi connectivity index (χ3n) is 3.10. The summed E-state index contributed by atoms with van der Waals surface area (Å²) < 4.78 is 0. The summed E-state index contributed by atoms with van der Waals surface area (Å²) in [6.07, 6.45) is 3.98. The Bertz CT molecular complexity index is 416. The van der Waals surface area contributed by atoms with Crippen LogP contribution in [-0.4, -0.2) is 18.1 Å². The van der Waals surface area contributed by atoms with E-state index in [1.807, 2.05) is 24.4 Å². The number of nitrogens with zero attached hydrogens (tertiary/aromatic N) is 1. The molecule has 100 valence electrons. The summed E-state index contributed by atoms with van der Waals surface area (Å²) in [7, 11) is 0. The predicted molar refractivity (Wildman–Crippen MR) is 78.8 cm³/mol. The van der Waals surface area contributed by atoms with E-state index in [1.54, 1.807) is 0 Å².